The number of carbonyl (C=O) groups excluding carboxylic acids is 1. The SMILES string of the molecule is CC(CN1CCCc2c(NC(C)CN3CCCc4ccccc43)cccc21)NC(=O)OC(C)(C)C. The predicted octanol–water partition coefficient (Wildman–Crippen LogP) is 5.61. The summed E-state index contributed by atoms with van der Waals surface area (Å²) in [6.45, 7) is 13.8. The zero-order chi connectivity index (χ0) is 25.0. The first-order valence-corrected chi connectivity index (χ1v) is 13.2. The third-order valence-electron chi connectivity index (χ3n) is 6.71. The number of benzene rings is 2. The molecule has 0 saturated heterocycles. The Morgan fingerprint density at radius 2 is 1.57 bits per heavy atom. The van der Waals surface area contributed by atoms with E-state index in [9.17, 15) is 4.79 Å². The summed E-state index contributed by atoms with van der Waals surface area (Å²) in [5.41, 5.74) is 6.25. The molecule has 0 bridgehead atoms. The van der Waals surface area contributed by atoms with Crippen LogP contribution < -0.4 is 20.4 Å². The molecule has 0 aromatic heterocycles. The van der Waals surface area contributed by atoms with Crippen molar-refractivity contribution in [2.75, 3.05) is 41.3 Å². The number of nitrogens with one attached hydrogen (secondary N) is 2. The van der Waals surface area contributed by atoms with E-state index in [1.807, 2.05) is 27.7 Å². The first kappa shape index (κ1) is 25.2. The van der Waals surface area contributed by atoms with Gasteiger partial charge in [0.15, 0.2) is 0 Å². The number of alkyl carbamates (subject to hydrolysis) is 1. The van der Waals surface area contributed by atoms with Crippen molar-refractivity contribution in [1.29, 1.82) is 0 Å². The molecular weight excluding hydrogens is 436 g/mol. The number of rotatable bonds is 7. The zero-order valence-corrected chi connectivity index (χ0v) is 22.1. The molecule has 4 rings (SSSR count). The third kappa shape index (κ3) is 6.62. The van der Waals surface area contributed by atoms with Crippen LogP contribution in [-0.2, 0) is 17.6 Å². The van der Waals surface area contributed by atoms with Gasteiger partial charge in [0, 0.05) is 55.3 Å². The highest BCUT2D eigenvalue weighted by Gasteiger charge is 2.24. The van der Waals surface area contributed by atoms with Gasteiger partial charge in [-0.15, -0.1) is 0 Å². The van der Waals surface area contributed by atoms with Crippen LogP contribution in [0, 0.1) is 0 Å². The molecule has 2 aliphatic heterocycles. The maximum atomic E-state index is 12.2. The summed E-state index contributed by atoms with van der Waals surface area (Å²) in [6, 6.07) is 15.7. The fraction of sp³-hybridized carbons (Fsp3) is 0.552. The van der Waals surface area contributed by atoms with Crippen LogP contribution in [0.3, 0.4) is 0 Å². The van der Waals surface area contributed by atoms with E-state index in [2.05, 4.69) is 69.8 Å². The van der Waals surface area contributed by atoms with Gasteiger partial charge in [-0.2, -0.15) is 0 Å². The lowest BCUT2D eigenvalue weighted by atomic mass is 9.98. The molecule has 2 aromatic carbocycles. The first-order valence-electron chi connectivity index (χ1n) is 13.2. The van der Waals surface area contributed by atoms with E-state index in [4.69, 9.17) is 4.74 Å². The van der Waals surface area contributed by atoms with Crippen LogP contribution >= 0.6 is 0 Å². The molecule has 1 amide bonds. The molecule has 6 nitrogen and oxygen atoms in total. The summed E-state index contributed by atoms with van der Waals surface area (Å²) >= 11 is 0. The summed E-state index contributed by atoms with van der Waals surface area (Å²) in [5.74, 6) is 0. The number of nitrogens with zero attached hydrogens (tertiary/aromatic N) is 2. The van der Waals surface area contributed by atoms with Crippen LogP contribution in [0.1, 0.15) is 58.6 Å². The highest BCUT2D eigenvalue weighted by molar-refractivity contribution is 5.70. The van der Waals surface area contributed by atoms with Crippen LogP contribution in [-0.4, -0.2) is 50.0 Å². The Kier molecular flexibility index (Phi) is 7.78. The summed E-state index contributed by atoms with van der Waals surface area (Å²) < 4.78 is 5.43. The van der Waals surface area contributed by atoms with Crippen molar-refractivity contribution in [3.05, 3.63) is 53.6 Å². The predicted molar refractivity (Wildman–Crippen MR) is 146 cm³/mol. The Bertz CT molecular complexity index is 1020. The van der Waals surface area contributed by atoms with Crippen LogP contribution in [0.25, 0.3) is 0 Å². The van der Waals surface area contributed by atoms with E-state index >= 15 is 0 Å². The third-order valence-corrected chi connectivity index (χ3v) is 6.71. The second-order valence-electron chi connectivity index (χ2n) is 11.1. The fourth-order valence-electron chi connectivity index (χ4n) is 5.35. The van der Waals surface area contributed by atoms with Gasteiger partial charge >= 0.3 is 6.09 Å². The summed E-state index contributed by atoms with van der Waals surface area (Å²) in [4.78, 5) is 17.1. The number of hydrogen-bond donors (Lipinski definition) is 2. The van der Waals surface area contributed by atoms with E-state index in [0.717, 1.165) is 39.0 Å². The summed E-state index contributed by atoms with van der Waals surface area (Å²) in [5, 5.41) is 6.81. The monoisotopic (exact) mass is 478 g/mol. The standard InChI is InChI=1S/C29H42N4O2/c1-21(19-32-17-9-12-23-11-6-7-15-26(23)32)30-25-14-8-16-27-24(25)13-10-18-33(27)20-22(2)31-28(34)35-29(3,4)5/h6-8,11,14-16,21-22,30H,9-10,12-13,17-20H2,1-5H3,(H,31,34). The molecule has 190 valence electrons. The Balaban J connectivity index is 1.40. The zero-order valence-electron chi connectivity index (χ0n) is 22.1. The molecule has 0 radical (unpaired) electrons. The van der Waals surface area contributed by atoms with Crippen molar-refractivity contribution < 1.29 is 9.53 Å². The van der Waals surface area contributed by atoms with Gasteiger partial charge in [0.1, 0.15) is 5.60 Å². The molecule has 0 aliphatic carbocycles. The molecule has 2 N–H and O–H groups in total. The fourth-order valence-corrected chi connectivity index (χ4v) is 5.35. The molecule has 35 heavy (non-hydrogen) atoms. The summed E-state index contributed by atoms with van der Waals surface area (Å²) in [6.07, 6.45) is 4.22. The minimum absolute atomic E-state index is 0.00879. The molecule has 0 fully saturated rings. The van der Waals surface area contributed by atoms with Gasteiger partial charge in [-0.05, 0) is 89.6 Å². The minimum Gasteiger partial charge on any atom is -0.444 e. The van der Waals surface area contributed by atoms with E-state index in [1.54, 1.807) is 0 Å². The Hall–Kier alpha value is -2.89. The van der Waals surface area contributed by atoms with E-state index in [0.29, 0.717) is 6.04 Å². The normalized spacial score (nSPS) is 17.2. The summed E-state index contributed by atoms with van der Waals surface area (Å²) in [7, 11) is 0. The first-order chi connectivity index (χ1) is 16.7. The smallest absolute Gasteiger partial charge is 0.407 e. The van der Waals surface area contributed by atoms with E-state index in [1.165, 1.54) is 41.0 Å². The topological polar surface area (TPSA) is 56.8 Å². The van der Waals surface area contributed by atoms with Gasteiger partial charge in [-0.25, -0.2) is 4.79 Å². The van der Waals surface area contributed by atoms with Crippen LogP contribution in [0.15, 0.2) is 42.5 Å². The highest BCUT2D eigenvalue weighted by Crippen LogP contribution is 2.34. The molecule has 0 spiro atoms. The van der Waals surface area contributed by atoms with E-state index in [-0.39, 0.29) is 12.1 Å². The number of carbonyl (C=O) groups is 1. The second kappa shape index (κ2) is 10.8. The average molecular weight is 479 g/mol. The van der Waals surface area contributed by atoms with Crippen molar-refractivity contribution >= 4 is 23.2 Å². The lowest BCUT2D eigenvalue weighted by Gasteiger charge is -2.36. The number of amides is 1. The number of aryl methyl sites for hydroxylation is 1. The lowest BCUT2D eigenvalue weighted by molar-refractivity contribution is 0.0510. The molecule has 2 heterocycles. The number of para-hydroxylation sites is 1. The molecular formula is C29H42N4O2. The molecule has 2 aromatic rings. The van der Waals surface area contributed by atoms with Gasteiger partial charge in [-0.1, -0.05) is 24.3 Å². The van der Waals surface area contributed by atoms with Gasteiger partial charge in [0.05, 0.1) is 0 Å². The Morgan fingerprint density at radius 1 is 0.914 bits per heavy atom. The van der Waals surface area contributed by atoms with Crippen molar-refractivity contribution in [1.82, 2.24) is 5.32 Å². The number of ether oxygens (including phenoxy) is 1. The van der Waals surface area contributed by atoms with Gasteiger partial charge in [0.2, 0.25) is 0 Å². The van der Waals surface area contributed by atoms with Crippen molar-refractivity contribution in [3.63, 3.8) is 0 Å². The van der Waals surface area contributed by atoms with Crippen LogP contribution in [0.4, 0.5) is 21.9 Å². The van der Waals surface area contributed by atoms with Gasteiger partial charge < -0.3 is 25.2 Å². The van der Waals surface area contributed by atoms with Crippen molar-refractivity contribution in [3.8, 4) is 0 Å². The number of anilines is 3. The minimum atomic E-state index is -0.491. The molecule has 0 saturated carbocycles. The Labute approximate surface area is 211 Å². The van der Waals surface area contributed by atoms with E-state index < -0.39 is 5.60 Å². The Morgan fingerprint density at radius 3 is 2.34 bits per heavy atom. The second-order valence-corrected chi connectivity index (χ2v) is 11.1. The maximum Gasteiger partial charge on any atom is 0.407 e. The number of hydrogen-bond acceptors (Lipinski definition) is 5. The van der Waals surface area contributed by atoms with Gasteiger partial charge in [0.25, 0.3) is 0 Å². The molecule has 2 atom stereocenters. The number of fused-ring (bicyclic) bond motifs is 2. The van der Waals surface area contributed by atoms with Crippen molar-refractivity contribution in [2.24, 2.45) is 0 Å². The average Bonchev–Trinajstić information content (AvgIpc) is 2.78. The van der Waals surface area contributed by atoms with Crippen LogP contribution in [0.5, 0.6) is 0 Å². The molecule has 6 heteroatoms. The van der Waals surface area contributed by atoms with Crippen LogP contribution in [0.2, 0.25) is 0 Å². The van der Waals surface area contributed by atoms with Crippen molar-refractivity contribution in [2.45, 2.75) is 78.0 Å². The molecule has 2 unspecified atom stereocenters. The maximum absolute atomic E-state index is 12.2. The lowest BCUT2D eigenvalue weighted by Crippen LogP contribution is -2.45. The van der Waals surface area contributed by atoms with Gasteiger partial charge in [-0.3, -0.25) is 0 Å². The molecule has 2 aliphatic rings. The largest absolute Gasteiger partial charge is 0.444 e. The quantitative estimate of drug-likeness (QED) is 0.542. The highest BCUT2D eigenvalue weighted by atomic mass is 16.6.